The van der Waals surface area contributed by atoms with Gasteiger partial charge in [-0.1, -0.05) is 24.3 Å². The number of hydrogen-bond donors (Lipinski definition) is 0. The fourth-order valence-corrected chi connectivity index (χ4v) is 6.37. The van der Waals surface area contributed by atoms with Crippen molar-refractivity contribution in [2.24, 2.45) is 5.41 Å². The summed E-state index contributed by atoms with van der Waals surface area (Å²) in [6, 6.07) is 12.6. The van der Waals surface area contributed by atoms with Gasteiger partial charge in [-0.15, -0.1) is 0 Å². The van der Waals surface area contributed by atoms with Crippen LogP contribution in [0.25, 0.3) is 0 Å². The monoisotopic (exact) mass is 471 g/mol. The highest BCUT2D eigenvalue weighted by Crippen LogP contribution is 2.51. The van der Waals surface area contributed by atoms with Crippen LogP contribution in [0.2, 0.25) is 0 Å². The van der Waals surface area contributed by atoms with Gasteiger partial charge in [-0.05, 0) is 66.8 Å². The average molecular weight is 472 g/mol. The Morgan fingerprint density at radius 3 is 2.54 bits per heavy atom. The van der Waals surface area contributed by atoms with Crippen molar-refractivity contribution in [2.75, 3.05) is 33.3 Å². The van der Waals surface area contributed by atoms with E-state index in [4.69, 9.17) is 9.84 Å². The molecule has 0 N–H and O–H groups in total. The molecular weight excluding hydrogens is 438 g/mol. The third kappa shape index (κ3) is 3.73. The molecule has 1 aromatic carbocycles. The standard InChI is InChI=1S/C28H33N5O2/c1-21-16-30-33(18-21)28(10-9-22-5-3-4-6-25(22)28)32-19-27(20-32)11-13-31(14-12-27)26(34)15-23-7-8-24(35-2)17-29-23/h3-8,16-18H,9-15,19-20H2,1-2H3/t28-/m1/s1. The number of likely N-dealkylation sites (tertiary alicyclic amines) is 2. The Labute approximate surface area is 206 Å². The predicted octanol–water partition coefficient (Wildman–Crippen LogP) is 3.41. The van der Waals surface area contributed by atoms with Gasteiger partial charge in [-0.3, -0.25) is 14.7 Å². The maximum atomic E-state index is 12.9. The Morgan fingerprint density at radius 2 is 1.86 bits per heavy atom. The normalized spacial score (nSPS) is 23.2. The summed E-state index contributed by atoms with van der Waals surface area (Å²) in [7, 11) is 1.62. The van der Waals surface area contributed by atoms with Crippen molar-refractivity contribution in [1.29, 1.82) is 0 Å². The van der Waals surface area contributed by atoms with E-state index in [0.29, 0.717) is 17.6 Å². The van der Waals surface area contributed by atoms with Gasteiger partial charge in [-0.2, -0.15) is 5.10 Å². The maximum absolute atomic E-state index is 12.9. The van der Waals surface area contributed by atoms with Crippen molar-refractivity contribution in [3.8, 4) is 5.75 Å². The first-order valence-electron chi connectivity index (χ1n) is 12.6. The minimum atomic E-state index is -0.191. The van der Waals surface area contributed by atoms with E-state index in [0.717, 1.165) is 57.6 Å². The molecule has 2 saturated heterocycles. The molecule has 1 spiro atoms. The fraction of sp³-hybridized carbons (Fsp3) is 0.464. The molecule has 35 heavy (non-hydrogen) atoms. The van der Waals surface area contributed by atoms with Gasteiger partial charge in [0.25, 0.3) is 0 Å². The lowest BCUT2D eigenvalue weighted by Crippen LogP contribution is -2.68. The van der Waals surface area contributed by atoms with Crippen molar-refractivity contribution in [3.05, 3.63) is 77.4 Å². The summed E-state index contributed by atoms with van der Waals surface area (Å²) in [5.74, 6) is 0.880. The zero-order valence-corrected chi connectivity index (χ0v) is 20.6. The Bertz CT molecular complexity index is 1220. The smallest absolute Gasteiger partial charge is 0.228 e. The number of carbonyl (C=O) groups is 1. The molecule has 6 rings (SSSR count). The van der Waals surface area contributed by atoms with Crippen molar-refractivity contribution in [2.45, 2.75) is 44.7 Å². The Balaban J connectivity index is 1.13. The summed E-state index contributed by atoms with van der Waals surface area (Å²) in [6.45, 7) is 5.88. The number of rotatable bonds is 5. The van der Waals surface area contributed by atoms with Gasteiger partial charge in [0.1, 0.15) is 11.4 Å². The number of benzene rings is 1. The van der Waals surface area contributed by atoms with Gasteiger partial charge in [0.15, 0.2) is 0 Å². The molecule has 1 atom stereocenters. The third-order valence-corrected chi connectivity index (χ3v) is 8.40. The molecule has 182 valence electrons. The van der Waals surface area contributed by atoms with Crippen LogP contribution in [0.5, 0.6) is 5.75 Å². The van der Waals surface area contributed by atoms with Gasteiger partial charge >= 0.3 is 0 Å². The summed E-state index contributed by atoms with van der Waals surface area (Å²) in [4.78, 5) is 22.0. The predicted molar refractivity (Wildman–Crippen MR) is 133 cm³/mol. The molecule has 3 aliphatic rings. The second-order valence-corrected chi connectivity index (χ2v) is 10.5. The van der Waals surface area contributed by atoms with Crippen LogP contribution in [0.1, 0.15) is 41.6 Å². The molecule has 7 nitrogen and oxygen atoms in total. The number of carbonyl (C=O) groups excluding carboxylic acids is 1. The lowest BCUT2D eigenvalue weighted by molar-refractivity contribution is -0.144. The molecule has 4 heterocycles. The molecule has 1 aliphatic carbocycles. The zero-order valence-electron chi connectivity index (χ0n) is 20.6. The first kappa shape index (κ1) is 22.3. The van der Waals surface area contributed by atoms with Gasteiger partial charge in [-0.25, -0.2) is 4.68 Å². The molecule has 2 fully saturated rings. The first-order valence-corrected chi connectivity index (χ1v) is 12.6. The minimum Gasteiger partial charge on any atom is -0.495 e. The van der Waals surface area contributed by atoms with Gasteiger partial charge in [0.2, 0.25) is 5.91 Å². The number of nitrogens with zero attached hydrogens (tertiary/aromatic N) is 5. The highest BCUT2D eigenvalue weighted by molar-refractivity contribution is 5.78. The van der Waals surface area contributed by atoms with Crippen LogP contribution in [0.3, 0.4) is 0 Å². The fourth-order valence-electron chi connectivity index (χ4n) is 6.37. The number of ether oxygens (including phenoxy) is 1. The second kappa shape index (κ2) is 8.48. The summed E-state index contributed by atoms with van der Waals surface area (Å²) in [6.07, 6.45) is 10.4. The van der Waals surface area contributed by atoms with E-state index < -0.39 is 0 Å². The van der Waals surface area contributed by atoms with Crippen LogP contribution in [0, 0.1) is 12.3 Å². The largest absolute Gasteiger partial charge is 0.495 e. The number of pyridine rings is 1. The summed E-state index contributed by atoms with van der Waals surface area (Å²) in [5, 5.41) is 4.80. The lowest BCUT2D eigenvalue weighted by Gasteiger charge is -2.59. The Morgan fingerprint density at radius 1 is 1.06 bits per heavy atom. The molecule has 2 aliphatic heterocycles. The van der Waals surface area contributed by atoms with Gasteiger partial charge in [0.05, 0.1) is 25.9 Å². The Hall–Kier alpha value is -3.19. The van der Waals surface area contributed by atoms with Crippen LogP contribution in [0.4, 0.5) is 0 Å². The number of fused-ring (bicyclic) bond motifs is 1. The quantitative estimate of drug-likeness (QED) is 0.571. The second-order valence-electron chi connectivity index (χ2n) is 10.5. The molecule has 2 aromatic heterocycles. The van der Waals surface area contributed by atoms with Crippen LogP contribution < -0.4 is 4.74 Å². The summed E-state index contributed by atoms with van der Waals surface area (Å²) < 4.78 is 7.38. The third-order valence-electron chi connectivity index (χ3n) is 8.40. The highest BCUT2D eigenvalue weighted by atomic mass is 16.5. The first-order chi connectivity index (χ1) is 17.0. The van der Waals surface area contributed by atoms with Crippen LogP contribution in [-0.2, 0) is 23.3 Å². The number of aryl methyl sites for hydroxylation is 2. The van der Waals surface area contributed by atoms with Crippen molar-refractivity contribution in [3.63, 3.8) is 0 Å². The van der Waals surface area contributed by atoms with E-state index in [2.05, 4.69) is 52.0 Å². The molecule has 0 bridgehead atoms. The van der Waals surface area contributed by atoms with E-state index in [1.54, 1.807) is 13.3 Å². The number of aromatic nitrogens is 3. The van der Waals surface area contributed by atoms with E-state index in [1.165, 1.54) is 16.7 Å². The van der Waals surface area contributed by atoms with E-state index in [1.807, 2.05) is 23.2 Å². The Kier molecular flexibility index (Phi) is 5.40. The number of hydrogen-bond acceptors (Lipinski definition) is 5. The van der Waals surface area contributed by atoms with E-state index >= 15 is 0 Å². The zero-order chi connectivity index (χ0) is 24.0. The molecule has 1 amide bonds. The molecule has 0 unspecified atom stereocenters. The maximum Gasteiger partial charge on any atom is 0.228 e. The van der Waals surface area contributed by atoms with Gasteiger partial charge < -0.3 is 9.64 Å². The molecule has 0 radical (unpaired) electrons. The van der Waals surface area contributed by atoms with E-state index in [-0.39, 0.29) is 11.6 Å². The molecule has 0 saturated carbocycles. The minimum absolute atomic E-state index is 0.168. The van der Waals surface area contributed by atoms with Crippen LogP contribution in [-0.4, -0.2) is 63.8 Å². The topological polar surface area (TPSA) is 63.5 Å². The average Bonchev–Trinajstić information content (AvgIpc) is 3.47. The number of piperidine rings is 1. The molecule has 3 aromatic rings. The van der Waals surface area contributed by atoms with Crippen molar-refractivity contribution in [1.82, 2.24) is 24.6 Å². The van der Waals surface area contributed by atoms with Crippen LogP contribution >= 0.6 is 0 Å². The molecule has 7 heteroatoms. The van der Waals surface area contributed by atoms with Crippen molar-refractivity contribution >= 4 is 5.91 Å². The summed E-state index contributed by atoms with van der Waals surface area (Å²) >= 11 is 0. The van der Waals surface area contributed by atoms with E-state index in [9.17, 15) is 4.79 Å². The van der Waals surface area contributed by atoms with Crippen molar-refractivity contribution < 1.29 is 9.53 Å². The van der Waals surface area contributed by atoms with Gasteiger partial charge in [0, 0.05) is 38.1 Å². The van der Waals surface area contributed by atoms with Crippen LogP contribution in [0.15, 0.2) is 55.0 Å². The lowest BCUT2D eigenvalue weighted by atomic mass is 9.70. The number of amides is 1. The highest BCUT2D eigenvalue weighted by Gasteiger charge is 2.56. The SMILES string of the molecule is COc1ccc(CC(=O)N2CCC3(CC2)CN([C@@]2(n4cc(C)cn4)CCc4ccccc42)C3)nc1. The summed E-state index contributed by atoms with van der Waals surface area (Å²) in [5.41, 5.74) is 4.93. The number of methoxy groups -OCH3 is 1. The molecular formula is C28H33N5O2.